The standard InChI is InChI=1S/C15H24O2S.K/c1-9(2)12-7-13(10(3)4)15(18(16)17)14(8-12)11(5)6;/h7-11H,1-6H3,(H,16,17);/q;+1/p-1. The number of benzene rings is 1. The Morgan fingerprint density at radius 3 is 1.47 bits per heavy atom. The number of hydrogen-bond donors (Lipinski definition) is 0. The molecule has 1 aromatic carbocycles. The smallest absolute Gasteiger partial charge is 0.768 e. The summed E-state index contributed by atoms with van der Waals surface area (Å²) in [6.07, 6.45) is 0. The first-order valence-electron chi connectivity index (χ1n) is 6.52. The van der Waals surface area contributed by atoms with E-state index in [0.29, 0.717) is 10.8 Å². The van der Waals surface area contributed by atoms with Crippen molar-refractivity contribution in [1.29, 1.82) is 0 Å². The van der Waals surface area contributed by atoms with Crippen molar-refractivity contribution < 1.29 is 60.1 Å². The van der Waals surface area contributed by atoms with Crippen molar-refractivity contribution in [3.05, 3.63) is 28.8 Å². The predicted molar refractivity (Wildman–Crippen MR) is 75.9 cm³/mol. The van der Waals surface area contributed by atoms with Crippen LogP contribution in [0.3, 0.4) is 0 Å². The predicted octanol–water partition coefficient (Wildman–Crippen LogP) is 1.30. The van der Waals surface area contributed by atoms with E-state index in [1.165, 1.54) is 5.56 Å². The van der Waals surface area contributed by atoms with Crippen LogP contribution in [-0.2, 0) is 11.1 Å². The molecule has 0 aliphatic rings. The summed E-state index contributed by atoms with van der Waals surface area (Å²) >= 11 is -2.16. The average molecular weight is 307 g/mol. The summed E-state index contributed by atoms with van der Waals surface area (Å²) in [4.78, 5) is 0.504. The second kappa shape index (κ2) is 8.42. The van der Waals surface area contributed by atoms with Gasteiger partial charge in [0.25, 0.3) is 0 Å². The fraction of sp³-hybridized carbons (Fsp3) is 0.600. The van der Waals surface area contributed by atoms with Gasteiger partial charge in [-0.15, -0.1) is 0 Å². The van der Waals surface area contributed by atoms with Gasteiger partial charge in [0.05, 0.1) is 0 Å². The first kappa shape index (κ1) is 20.0. The van der Waals surface area contributed by atoms with Crippen molar-refractivity contribution in [1.82, 2.24) is 0 Å². The first-order valence-corrected chi connectivity index (χ1v) is 7.60. The summed E-state index contributed by atoms with van der Waals surface area (Å²) in [6, 6.07) is 4.10. The van der Waals surface area contributed by atoms with E-state index in [2.05, 4.69) is 13.8 Å². The molecular weight excluding hydrogens is 283 g/mol. The molecule has 1 atom stereocenters. The molecule has 0 bridgehead atoms. The zero-order chi connectivity index (χ0) is 14.0. The van der Waals surface area contributed by atoms with Gasteiger partial charge in [-0.05, 0) is 45.5 Å². The summed E-state index contributed by atoms with van der Waals surface area (Å²) in [5, 5.41) is 0. The van der Waals surface area contributed by atoms with Crippen LogP contribution in [0.25, 0.3) is 0 Å². The molecule has 102 valence electrons. The van der Waals surface area contributed by atoms with Crippen molar-refractivity contribution in [2.75, 3.05) is 0 Å². The van der Waals surface area contributed by atoms with Gasteiger partial charge in [-0.25, -0.2) is 0 Å². The molecule has 0 spiro atoms. The molecule has 1 rings (SSSR count). The fourth-order valence-electron chi connectivity index (χ4n) is 2.08. The van der Waals surface area contributed by atoms with Crippen molar-refractivity contribution in [3.8, 4) is 0 Å². The summed E-state index contributed by atoms with van der Waals surface area (Å²) in [5.41, 5.74) is 3.10. The second-order valence-electron chi connectivity index (χ2n) is 5.73. The van der Waals surface area contributed by atoms with E-state index in [1.807, 2.05) is 39.8 Å². The molecule has 0 N–H and O–H groups in total. The molecule has 0 heterocycles. The maximum Gasteiger partial charge on any atom is 1.00 e. The Kier molecular flexibility index (Phi) is 8.85. The van der Waals surface area contributed by atoms with Gasteiger partial charge >= 0.3 is 51.4 Å². The molecule has 4 heteroatoms. The molecular formula is C15H23KO2S. The molecule has 2 nitrogen and oxygen atoms in total. The molecule has 0 aliphatic heterocycles. The minimum absolute atomic E-state index is 0. The van der Waals surface area contributed by atoms with E-state index in [9.17, 15) is 8.76 Å². The van der Waals surface area contributed by atoms with Gasteiger partial charge < -0.3 is 4.55 Å². The van der Waals surface area contributed by atoms with E-state index in [4.69, 9.17) is 0 Å². The molecule has 0 amide bonds. The fourth-order valence-corrected chi connectivity index (χ4v) is 3.06. The Balaban J connectivity index is 0.00000324. The maximum absolute atomic E-state index is 11.5. The second-order valence-corrected chi connectivity index (χ2v) is 6.60. The summed E-state index contributed by atoms with van der Waals surface area (Å²) in [6.45, 7) is 12.4. The Hall–Kier alpha value is 0.966. The maximum atomic E-state index is 11.5. The van der Waals surface area contributed by atoms with E-state index < -0.39 is 11.1 Å². The first-order chi connectivity index (χ1) is 8.25. The quantitative estimate of drug-likeness (QED) is 0.621. The summed E-state index contributed by atoms with van der Waals surface area (Å²) in [5.74, 6) is 0.845. The SMILES string of the molecule is CC(C)c1cc(C(C)C)c(S(=O)[O-])c(C(C)C)c1.[K+]. The Bertz CT molecular complexity index is 424. The third-order valence-corrected chi connectivity index (χ3v) is 4.05. The molecule has 0 radical (unpaired) electrons. The Labute approximate surface area is 162 Å². The summed E-state index contributed by atoms with van der Waals surface area (Å²) in [7, 11) is 0. The topological polar surface area (TPSA) is 40.1 Å². The molecule has 1 unspecified atom stereocenters. The third kappa shape index (κ3) is 5.02. The minimum Gasteiger partial charge on any atom is -0.768 e. The van der Waals surface area contributed by atoms with Crippen LogP contribution in [0.4, 0.5) is 0 Å². The van der Waals surface area contributed by atoms with Crippen LogP contribution in [0.15, 0.2) is 17.0 Å². The largest absolute Gasteiger partial charge is 1.00 e. The van der Waals surface area contributed by atoms with Gasteiger partial charge in [-0.1, -0.05) is 53.7 Å². The molecule has 0 saturated carbocycles. The van der Waals surface area contributed by atoms with E-state index in [-0.39, 0.29) is 63.2 Å². The monoisotopic (exact) mass is 306 g/mol. The van der Waals surface area contributed by atoms with Gasteiger partial charge in [0.2, 0.25) is 0 Å². The Morgan fingerprint density at radius 2 is 1.26 bits per heavy atom. The van der Waals surface area contributed by atoms with Crippen molar-refractivity contribution in [2.24, 2.45) is 0 Å². The van der Waals surface area contributed by atoms with Crippen LogP contribution in [0.5, 0.6) is 0 Å². The van der Waals surface area contributed by atoms with Gasteiger partial charge in [-0.2, -0.15) is 0 Å². The van der Waals surface area contributed by atoms with Gasteiger partial charge in [0, 0.05) is 4.90 Å². The normalized spacial score (nSPS) is 12.9. The van der Waals surface area contributed by atoms with Crippen LogP contribution in [0.1, 0.15) is 76.0 Å². The van der Waals surface area contributed by atoms with E-state index >= 15 is 0 Å². The number of hydrogen-bond acceptors (Lipinski definition) is 2. The third-order valence-electron chi connectivity index (χ3n) is 3.25. The van der Waals surface area contributed by atoms with E-state index in [0.717, 1.165) is 11.1 Å². The molecule has 0 aliphatic carbocycles. The molecule has 0 fully saturated rings. The molecule has 0 saturated heterocycles. The van der Waals surface area contributed by atoms with Crippen molar-refractivity contribution >= 4 is 11.1 Å². The average Bonchev–Trinajstić information content (AvgIpc) is 2.26. The zero-order valence-corrected chi connectivity index (χ0v) is 17.1. The number of rotatable bonds is 4. The van der Waals surface area contributed by atoms with Crippen molar-refractivity contribution in [3.63, 3.8) is 0 Å². The van der Waals surface area contributed by atoms with E-state index in [1.54, 1.807) is 0 Å². The summed E-state index contributed by atoms with van der Waals surface area (Å²) < 4.78 is 23.1. The van der Waals surface area contributed by atoms with Crippen LogP contribution >= 0.6 is 0 Å². The van der Waals surface area contributed by atoms with Crippen LogP contribution < -0.4 is 51.4 Å². The molecule has 19 heavy (non-hydrogen) atoms. The van der Waals surface area contributed by atoms with Gasteiger partial charge in [0.15, 0.2) is 0 Å². The van der Waals surface area contributed by atoms with Gasteiger partial charge in [-0.3, -0.25) is 4.21 Å². The van der Waals surface area contributed by atoms with Gasteiger partial charge in [0.1, 0.15) is 0 Å². The van der Waals surface area contributed by atoms with Crippen molar-refractivity contribution in [2.45, 2.75) is 64.2 Å². The zero-order valence-electron chi connectivity index (χ0n) is 13.1. The van der Waals surface area contributed by atoms with Crippen LogP contribution in [-0.4, -0.2) is 8.76 Å². The van der Waals surface area contributed by atoms with Crippen LogP contribution in [0, 0.1) is 0 Å². The van der Waals surface area contributed by atoms with Crippen LogP contribution in [0.2, 0.25) is 0 Å². The minimum atomic E-state index is -2.16. The molecule has 0 aromatic heterocycles. The Morgan fingerprint density at radius 1 is 0.895 bits per heavy atom. The molecule has 1 aromatic rings.